The smallest absolute Gasteiger partial charge is 0.215 e. The summed E-state index contributed by atoms with van der Waals surface area (Å²) >= 11 is 0. The summed E-state index contributed by atoms with van der Waals surface area (Å²) in [4.78, 5) is 0. The van der Waals surface area contributed by atoms with Crippen molar-refractivity contribution in [2.45, 2.75) is 35.3 Å². The van der Waals surface area contributed by atoms with Gasteiger partial charge in [-0.3, -0.25) is 0 Å². The van der Waals surface area contributed by atoms with Gasteiger partial charge in [-0.25, -0.2) is 4.39 Å². The van der Waals surface area contributed by atoms with Gasteiger partial charge in [-0.05, 0) is 23.6 Å². The SMILES string of the molecule is FC1(F)C(c2ccccc2)C(F)(F)C(F)(F)C(F)(C#Cc2ccccc2)C1(F)F. The molecule has 154 valence electrons. The quantitative estimate of drug-likeness (QED) is 0.386. The Bertz CT molecular complexity index is 912. The highest BCUT2D eigenvalue weighted by molar-refractivity contribution is 5.44. The molecule has 2 aromatic rings. The van der Waals surface area contributed by atoms with Crippen molar-refractivity contribution in [3.05, 3.63) is 71.8 Å². The molecule has 1 aliphatic carbocycles. The third-order valence-electron chi connectivity index (χ3n) is 4.71. The van der Waals surface area contributed by atoms with Gasteiger partial charge in [0.1, 0.15) is 5.92 Å². The first-order valence-electron chi connectivity index (χ1n) is 8.14. The van der Waals surface area contributed by atoms with Gasteiger partial charge in [0.05, 0.1) is 0 Å². The Labute approximate surface area is 159 Å². The monoisotopic (exact) mass is 422 g/mol. The fourth-order valence-corrected chi connectivity index (χ4v) is 3.15. The number of benzene rings is 2. The summed E-state index contributed by atoms with van der Waals surface area (Å²) < 4.78 is 131. The normalized spacial score (nSPS) is 28.8. The summed E-state index contributed by atoms with van der Waals surface area (Å²) in [6.45, 7) is 0. The largest absolute Gasteiger partial charge is 0.361 e. The maximum absolute atomic E-state index is 14.9. The molecule has 1 saturated carbocycles. The molecule has 0 amide bonds. The van der Waals surface area contributed by atoms with Gasteiger partial charge >= 0.3 is 29.4 Å². The molecule has 1 fully saturated rings. The first kappa shape index (κ1) is 21.1. The first-order valence-corrected chi connectivity index (χ1v) is 8.14. The van der Waals surface area contributed by atoms with Crippen LogP contribution in [0.3, 0.4) is 0 Å². The van der Waals surface area contributed by atoms with Crippen LogP contribution in [-0.2, 0) is 0 Å². The molecule has 0 spiro atoms. The molecule has 9 heteroatoms. The summed E-state index contributed by atoms with van der Waals surface area (Å²) in [5.74, 6) is -25.9. The number of halogens is 9. The number of hydrogen-bond acceptors (Lipinski definition) is 0. The zero-order chi connectivity index (χ0) is 21.7. The van der Waals surface area contributed by atoms with Gasteiger partial charge in [0.25, 0.3) is 0 Å². The average molecular weight is 422 g/mol. The lowest BCUT2D eigenvalue weighted by Gasteiger charge is -2.51. The summed E-state index contributed by atoms with van der Waals surface area (Å²) in [5, 5.41) is 0. The molecule has 0 unspecified atom stereocenters. The van der Waals surface area contributed by atoms with Crippen molar-refractivity contribution in [1.29, 1.82) is 0 Å². The second-order valence-electron chi connectivity index (χ2n) is 6.51. The minimum absolute atomic E-state index is 0.298. The molecule has 0 radical (unpaired) electrons. The molecule has 29 heavy (non-hydrogen) atoms. The van der Waals surface area contributed by atoms with Gasteiger partial charge in [-0.1, -0.05) is 54.5 Å². The molecule has 0 nitrogen and oxygen atoms in total. The molecule has 0 aromatic heterocycles. The highest BCUT2D eigenvalue weighted by atomic mass is 19.3. The van der Waals surface area contributed by atoms with E-state index in [0.717, 1.165) is 24.3 Å². The van der Waals surface area contributed by atoms with Gasteiger partial charge in [0.15, 0.2) is 0 Å². The fraction of sp³-hybridized carbons (Fsp3) is 0.300. The minimum Gasteiger partial charge on any atom is -0.215 e. The molecule has 0 heterocycles. The summed E-state index contributed by atoms with van der Waals surface area (Å²) in [6.07, 6.45) is 0. The highest BCUT2D eigenvalue weighted by Crippen LogP contribution is 2.68. The summed E-state index contributed by atoms with van der Waals surface area (Å²) in [5.41, 5.74) is -7.30. The van der Waals surface area contributed by atoms with E-state index < -0.39 is 40.8 Å². The van der Waals surface area contributed by atoms with E-state index >= 15 is 0 Å². The second-order valence-corrected chi connectivity index (χ2v) is 6.51. The van der Waals surface area contributed by atoms with Crippen molar-refractivity contribution in [2.75, 3.05) is 0 Å². The van der Waals surface area contributed by atoms with Crippen LogP contribution in [0, 0.1) is 11.8 Å². The van der Waals surface area contributed by atoms with Gasteiger partial charge in [-0.2, -0.15) is 35.1 Å². The van der Waals surface area contributed by atoms with Crippen molar-refractivity contribution in [2.24, 2.45) is 0 Å². The van der Waals surface area contributed by atoms with E-state index in [0.29, 0.717) is 18.1 Å². The van der Waals surface area contributed by atoms with Crippen molar-refractivity contribution in [1.82, 2.24) is 0 Å². The number of rotatable bonds is 1. The summed E-state index contributed by atoms with van der Waals surface area (Å²) in [7, 11) is 0. The van der Waals surface area contributed by atoms with Gasteiger partial charge in [0.2, 0.25) is 0 Å². The lowest BCUT2D eigenvalue weighted by Crippen LogP contribution is -2.77. The molecule has 2 aromatic carbocycles. The molecule has 1 aliphatic rings. The molecular weight excluding hydrogens is 411 g/mol. The van der Waals surface area contributed by atoms with Gasteiger partial charge in [0, 0.05) is 5.56 Å². The third kappa shape index (κ3) is 2.72. The molecule has 0 aliphatic heterocycles. The zero-order valence-corrected chi connectivity index (χ0v) is 14.3. The molecule has 3 rings (SSSR count). The lowest BCUT2D eigenvalue weighted by molar-refractivity contribution is -0.406. The summed E-state index contributed by atoms with van der Waals surface area (Å²) in [6, 6.07) is 10.3. The van der Waals surface area contributed by atoms with Crippen LogP contribution in [0.1, 0.15) is 17.0 Å². The Morgan fingerprint density at radius 1 is 0.586 bits per heavy atom. The van der Waals surface area contributed by atoms with E-state index in [4.69, 9.17) is 0 Å². The Morgan fingerprint density at radius 2 is 1.00 bits per heavy atom. The van der Waals surface area contributed by atoms with Gasteiger partial charge < -0.3 is 0 Å². The average Bonchev–Trinajstić information content (AvgIpc) is 2.66. The molecule has 0 atom stereocenters. The van der Waals surface area contributed by atoms with Crippen LogP contribution in [0.4, 0.5) is 39.5 Å². The van der Waals surface area contributed by atoms with Crippen molar-refractivity contribution in [3.8, 4) is 11.8 Å². The van der Waals surface area contributed by atoms with Crippen LogP contribution >= 0.6 is 0 Å². The molecule has 0 bridgehead atoms. The van der Waals surface area contributed by atoms with Crippen molar-refractivity contribution < 1.29 is 39.5 Å². The zero-order valence-electron chi connectivity index (χ0n) is 14.3. The standard InChI is InChI=1S/C20H11F9/c21-16(12-11-13-7-3-1-4-8-13)19(26,27)17(22,23)15(14-9-5-2-6-10-14)18(24,25)20(16,28)29/h1-10,15H. The van der Waals surface area contributed by atoms with Crippen LogP contribution < -0.4 is 0 Å². The first-order chi connectivity index (χ1) is 13.3. The third-order valence-corrected chi connectivity index (χ3v) is 4.71. The van der Waals surface area contributed by atoms with E-state index in [1.807, 2.05) is 0 Å². The fourth-order valence-electron chi connectivity index (χ4n) is 3.15. The maximum Gasteiger partial charge on any atom is 0.361 e. The Morgan fingerprint density at radius 3 is 1.45 bits per heavy atom. The number of hydrogen-bond donors (Lipinski definition) is 0. The predicted octanol–water partition coefficient (Wildman–Crippen LogP) is 6.09. The Balaban J connectivity index is 2.25. The minimum atomic E-state index is -6.23. The van der Waals surface area contributed by atoms with Crippen LogP contribution in [-0.4, -0.2) is 29.4 Å². The number of alkyl halides is 9. The van der Waals surface area contributed by atoms with Gasteiger partial charge in [-0.15, -0.1) is 0 Å². The van der Waals surface area contributed by atoms with E-state index in [1.54, 1.807) is 5.92 Å². The van der Waals surface area contributed by atoms with Crippen LogP contribution in [0.15, 0.2) is 60.7 Å². The second kappa shape index (κ2) is 6.44. The topological polar surface area (TPSA) is 0 Å². The molecule has 0 saturated heterocycles. The van der Waals surface area contributed by atoms with E-state index in [2.05, 4.69) is 0 Å². The van der Waals surface area contributed by atoms with E-state index in [1.165, 1.54) is 24.3 Å². The van der Waals surface area contributed by atoms with Crippen LogP contribution in [0.25, 0.3) is 0 Å². The van der Waals surface area contributed by atoms with Crippen molar-refractivity contribution >= 4 is 0 Å². The van der Waals surface area contributed by atoms with Crippen LogP contribution in [0.2, 0.25) is 0 Å². The maximum atomic E-state index is 14.9. The Hall–Kier alpha value is -2.63. The molecule has 0 N–H and O–H groups in total. The molecular formula is C20H11F9. The van der Waals surface area contributed by atoms with Crippen molar-refractivity contribution in [3.63, 3.8) is 0 Å². The predicted molar refractivity (Wildman–Crippen MR) is 86.1 cm³/mol. The van der Waals surface area contributed by atoms with Crippen LogP contribution in [0.5, 0.6) is 0 Å². The Kier molecular flexibility index (Phi) is 4.68. The van der Waals surface area contributed by atoms with E-state index in [9.17, 15) is 39.5 Å². The highest BCUT2D eigenvalue weighted by Gasteiger charge is 2.93. The lowest BCUT2D eigenvalue weighted by atomic mass is 9.66. The van der Waals surface area contributed by atoms with E-state index in [-0.39, 0.29) is 5.56 Å².